The third kappa shape index (κ3) is 4.13. The molecule has 0 aliphatic carbocycles. The first-order valence-electron chi connectivity index (χ1n) is 7.17. The summed E-state index contributed by atoms with van der Waals surface area (Å²) in [5.41, 5.74) is 6.06. The van der Waals surface area contributed by atoms with E-state index in [1.807, 2.05) is 0 Å². The Kier molecular flexibility index (Phi) is 4.95. The standard InChI is InChI=1S/C15H19F3N2O2/c1-10-6-7-20(12(8-10)9-19)14(21)11-2-4-13(5-3-11)22-15(16,17)18/h2-5,10,12H,6-9,19H2,1H3. The van der Waals surface area contributed by atoms with E-state index in [9.17, 15) is 18.0 Å². The molecule has 2 N–H and O–H groups in total. The molecule has 0 aromatic heterocycles. The number of nitrogens with two attached hydrogens (primary N) is 1. The highest BCUT2D eigenvalue weighted by Crippen LogP contribution is 2.26. The predicted molar refractivity (Wildman–Crippen MR) is 75.4 cm³/mol. The Bertz CT molecular complexity index is 517. The summed E-state index contributed by atoms with van der Waals surface area (Å²) in [4.78, 5) is 14.2. The van der Waals surface area contributed by atoms with Gasteiger partial charge in [-0.05, 0) is 43.0 Å². The number of alkyl halides is 3. The number of carbonyl (C=O) groups excluding carboxylic acids is 1. The molecule has 2 unspecified atom stereocenters. The van der Waals surface area contributed by atoms with Crippen molar-refractivity contribution in [2.45, 2.75) is 32.2 Å². The highest BCUT2D eigenvalue weighted by molar-refractivity contribution is 5.94. The summed E-state index contributed by atoms with van der Waals surface area (Å²) >= 11 is 0. The Hall–Kier alpha value is -1.76. The number of rotatable bonds is 3. The average molecular weight is 316 g/mol. The van der Waals surface area contributed by atoms with E-state index in [1.54, 1.807) is 4.90 Å². The van der Waals surface area contributed by atoms with Gasteiger partial charge in [-0.25, -0.2) is 0 Å². The molecule has 0 spiro atoms. The highest BCUT2D eigenvalue weighted by Gasteiger charge is 2.32. The van der Waals surface area contributed by atoms with Crippen molar-refractivity contribution in [1.82, 2.24) is 4.90 Å². The van der Waals surface area contributed by atoms with E-state index >= 15 is 0 Å². The van der Waals surface area contributed by atoms with Gasteiger partial charge in [-0.3, -0.25) is 4.79 Å². The minimum atomic E-state index is -4.74. The second-order valence-electron chi connectivity index (χ2n) is 5.59. The van der Waals surface area contributed by atoms with Gasteiger partial charge in [-0.2, -0.15) is 0 Å². The van der Waals surface area contributed by atoms with Gasteiger partial charge in [0.25, 0.3) is 5.91 Å². The van der Waals surface area contributed by atoms with Crippen molar-refractivity contribution in [2.24, 2.45) is 11.7 Å². The second-order valence-corrected chi connectivity index (χ2v) is 5.59. The number of ether oxygens (including phenoxy) is 1. The minimum Gasteiger partial charge on any atom is -0.406 e. The molecule has 0 radical (unpaired) electrons. The fourth-order valence-electron chi connectivity index (χ4n) is 2.71. The molecule has 2 atom stereocenters. The lowest BCUT2D eigenvalue weighted by atomic mass is 9.92. The molecule has 1 saturated heterocycles. The molecule has 1 aromatic rings. The Balaban J connectivity index is 2.09. The smallest absolute Gasteiger partial charge is 0.406 e. The summed E-state index contributed by atoms with van der Waals surface area (Å²) < 4.78 is 40.1. The molecule has 122 valence electrons. The predicted octanol–water partition coefficient (Wildman–Crippen LogP) is 2.78. The van der Waals surface area contributed by atoms with Gasteiger partial charge < -0.3 is 15.4 Å². The summed E-state index contributed by atoms with van der Waals surface area (Å²) in [6, 6.07) is 4.95. The van der Waals surface area contributed by atoms with Crippen LogP contribution in [0.2, 0.25) is 0 Å². The third-order valence-corrected chi connectivity index (χ3v) is 3.85. The van der Waals surface area contributed by atoms with Crippen molar-refractivity contribution in [3.05, 3.63) is 29.8 Å². The zero-order valence-electron chi connectivity index (χ0n) is 12.3. The average Bonchev–Trinajstić information content (AvgIpc) is 2.45. The van der Waals surface area contributed by atoms with Crippen molar-refractivity contribution >= 4 is 5.91 Å². The van der Waals surface area contributed by atoms with Gasteiger partial charge in [-0.1, -0.05) is 6.92 Å². The quantitative estimate of drug-likeness (QED) is 0.933. The third-order valence-electron chi connectivity index (χ3n) is 3.85. The lowest BCUT2D eigenvalue weighted by molar-refractivity contribution is -0.274. The van der Waals surface area contributed by atoms with E-state index in [-0.39, 0.29) is 17.7 Å². The summed E-state index contributed by atoms with van der Waals surface area (Å²) in [5, 5.41) is 0. The van der Waals surface area contributed by atoms with Crippen LogP contribution in [-0.4, -0.2) is 36.3 Å². The topological polar surface area (TPSA) is 55.6 Å². The zero-order valence-corrected chi connectivity index (χ0v) is 12.3. The van der Waals surface area contributed by atoms with Gasteiger partial charge >= 0.3 is 6.36 Å². The second kappa shape index (κ2) is 6.56. The number of hydrogen-bond acceptors (Lipinski definition) is 3. The van der Waals surface area contributed by atoms with E-state index in [4.69, 9.17) is 5.73 Å². The lowest BCUT2D eigenvalue weighted by Crippen LogP contribution is -2.49. The Morgan fingerprint density at radius 2 is 2.00 bits per heavy atom. The minimum absolute atomic E-state index is 0.0256. The first kappa shape index (κ1) is 16.6. The molecular formula is C15H19F3N2O2. The summed E-state index contributed by atoms with van der Waals surface area (Å²) in [7, 11) is 0. The van der Waals surface area contributed by atoms with Crippen LogP contribution >= 0.6 is 0 Å². The molecule has 1 aliphatic rings. The van der Waals surface area contributed by atoms with Crippen molar-refractivity contribution < 1.29 is 22.7 Å². The molecule has 1 aliphatic heterocycles. The number of hydrogen-bond donors (Lipinski definition) is 1. The molecule has 2 rings (SSSR count). The van der Waals surface area contributed by atoms with Crippen molar-refractivity contribution in [3.63, 3.8) is 0 Å². The number of benzene rings is 1. The lowest BCUT2D eigenvalue weighted by Gasteiger charge is -2.38. The number of amides is 1. The SMILES string of the molecule is CC1CCN(C(=O)c2ccc(OC(F)(F)F)cc2)C(CN)C1. The molecule has 0 bridgehead atoms. The summed E-state index contributed by atoms with van der Waals surface area (Å²) in [6.45, 7) is 3.11. The monoisotopic (exact) mass is 316 g/mol. The molecule has 4 nitrogen and oxygen atoms in total. The first-order chi connectivity index (χ1) is 10.3. The van der Waals surface area contributed by atoms with Gasteiger partial charge in [0.15, 0.2) is 0 Å². The molecule has 1 aromatic carbocycles. The van der Waals surface area contributed by atoms with Crippen LogP contribution in [0.5, 0.6) is 5.75 Å². The van der Waals surface area contributed by atoms with Gasteiger partial charge in [-0.15, -0.1) is 13.2 Å². The van der Waals surface area contributed by atoms with Gasteiger partial charge in [0.1, 0.15) is 5.75 Å². The van der Waals surface area contributed by atoms with Crippen LogP contribution in [0.15, 0.2) is 24.3 Å². The fraction of sp³-hybridized carbons (Fsp3) is 0.533. The van der Waals surface area contributed by atoms with Gasteiger partial charge in [0.2, 0.25) is 0 Å². The maximum Gasteiger partial charge on any atom is 0.573 e. The molecular weight excluding hydrogens is 297 g/mol. The van der Waals surface area contributed by atoms with Crippen molar-refractivity contribution in [1.29, 1.82) is 0 Å². The molecule has 1 amide bonds. The van der Waals surface area contributed by atoms with Crippen molar-refractivity contribution in [2.75, 3.05) is 13.1 Å². The van der Waals surface area contributed by atoms with E-state index in [0.29, 0.717) is 24.6 Å². The first-order valence-corrected chi connectivity index (χ1v) is 7.17. The zero-order chi connectivity index (χ0) is 16.3. The summed E-state index contributed by atoms with van der Waals surface area (Å²) in [5.74, 6) is -0.0345. The Labute approximate surface area is 127 Å². The van der Waals surface area contributed by atoms with E-state index < -0.39 is 6.36 Å². The van der Waals surface area contributed by atoms with Gasteiger partial charge in [0, 0.05) is 24.7 Å². The van der Waals surface area contributed by atoms with E-state index in [0.717, 1.165) is 25.0 Å². The van der Waals surface area contributed by atoms with Crippen molar-refractivity contribution in [3.8, 4) is 5.75 Å². The highest BCUT2D eigenvalue weighted by atomic mass is 19.4. The maximum absolute atomic E-state index is 12.5. The van der Waals surface area contributed by atoms with Gasteiger partial charge in [0.05, 0.1) is 0 Å². The van der Waals surface area contributed by atoms with E-state index in [1.165, 1.54) is 12.1 Å². The molecule has 22 heavy (non-hydrogen) atoms. The Morgan fingerprint density at radius 1 is 1.36 bits per heavy atom. The number of likely N-dealkylation sites (tertiary alicyclic amines) is 1. The summed E-state index contributed by atoms with van der Waals surface area (Å²) in [6.07, 6.45) is -2.99. The van der Waals surface area contributed by atoms with Crippen LogP contribution in [0, 0.1) is 5.92 Å². The van der Waals surface area contributed by atoms with Crippen LogP contribution in [0.1, 0.15) is 30.1 Å². The van der Waals surface area contributed by atoms with Crippen LogP contribution < -0.4 is 10.5 Å². The molecule has 0 saturated carbocycles. The maximum atomic E-state index is 12.5. The van der Waals surface area contributed by atoms with Crippen LogP contribution in [0.3, 0.4) is 0 Å². The van der Waals surface area contributed by atoms with Crippen LogP contribution in [0.4, 0.5) is 13.2 Å². The molecule has 7 heteroatoms. The van der Waals surface area contributed by atoms with E-state index in [2.05, 4.69) is 11.7 Å². The van der Waals surface area contributed by atoms with Crippen LogP contribution in [-0.2, 0) is 0 Å². The molecule has 1 fully saturated rings. The van der Waals surface area contributed by atoms with Crippen LogP contribution in [0.25, 0.3) is 0 Å². The largest absolute Gasteiger partial charge is 0.573 e. The number of carbonyl (C=O) groups is 1. The number of nitrogens with zero attached hydrogens (tertiary/aromatic N) is 1. The number of halogens is 3. The fourth-order valence-corrected chi connectivity index (χ4v) is 2.71. The normalized spacial score (nSPS) is 22.5. The molecule has 1 heterocycles. The Morgan fingerprint density at radius 3 is 2.55 bits per heavy atom. The number of piperidine rings is 1.